The van der Waals surface area contributed by atoms with Gasteiger partial charge in [0.1, 0.15) is 17.1 Å². The van der Waals surface area contributed by atoms with Crippen molar-refractivity contribution in [2.75, 3.05) is 13.2 Å². The van der Waals surface area contributed by atoms with Crippen LogP contribution < -0.4 is 10.1 Å². The number of hydrogen-bond donors (Lipinski definition) is 2. The molecule has 24 heavy (non-hydrogen) atoms. The van der Waals surface area contributed by atoms with Gasteiger partial charge >= 0.3 is 5.97 Å². The Morgan fingerprint density at radius 1 is 1.33 bits per heavy atom. The molecule has 1 unspecified atom stereocenters. The molecule has 1 aromatic carbocycles. The molecule has 0 saturated heterocycles. The van der Waals surface area contributed by atoms with E-state index in [1.165, 1.54) is 6.07 Å². The molecule has 1 aromatic heterocycles. The number of benzene rings is 1. The fraction of sp³-hybridized carbons (Fsp3) is 0.333. The minimum Gasteiger partial charge on any atom is -0.493 e. The summed E-state index contributed by atoms with van der Waals surface area (Å²) in [6, 6.07) is 9.07. The minimum absolute atomic E-state index is 0.0320. The van der Waals surface area contributed by atoms with Crippen molar-refractivity contribution in [3.05, 3.63) is 53.0 Å². The Kier molecular flexibility index (Phi) is 4.55. The second-order valence-corrected chi connectivity index (χ2v) is 5.69. The van der Waals surface area contributed by atoms with Crippen molar-refractivity contribution >= 4 is 11.9 Å². The number of aryl methyl sites for hydroxylation is 1. The second-order valence-electron chi connectivity index (χ2n) is 5.69. The van der Waals surface area contributed by atoms with Gasteiger partial charge in [0.05, 0.1) is 6.61 Å². The van der Waals surface area contributed by atoms with Crippen molar-refractivity contribution in [3.8, 4) is 5.75 Å². The summed E-state index contributed by atoms with van der Waals surface area (Å²) in [4.78, 5) is 23.4. The molecule has 0 fully saturated rings. The van der Waals surface area contributed by atoms with Crippen LogP contribution in [0.3, 0.4) is 0 Å². The van der Waals surface area contributed by atoms with E-state index in [2.05, 4.69) is 5.32 Å². The van der Waals surface area contributed by atoms with Crippen LogP contribution >= 0.6 is 0 Å². The molecule has 1 atom stereocenters. The van der Waals surface area contributed by atoms with E-state index in [1.54, 1.807) is 6.92 Å². The predicted molar refractivity (Wildman–Crippen MR) is 86.7 cm³/mol. The fourth-order valence-corrected chi connectivity index (χ4v) is 2.92. The van der Waals surface area contributed by atoms with Crippen LogP contribution in [0.5, 0.6) is 5.75 Å². The Hall–Kier alpha value is -2.76. The zero-order chi connectivity index (χ0) is 17.1. The van der Waals surface area contributed by atoms with Crippen LogP contribution in [0.2, 0.25) is 0 Å². The first kappa shape index (κ1) is 16.1. The minimum atomic E-state index is -1.09. The van der Waals surface area contributed by atoms with E-state index in [9.17, 15) is 9.59 Å². The molecule has 6 heteroatoms. The van der Waals surface area contributed by atoms with Gasteiger partial charge in [-0.25, -0.2) is 4.79 Å². The number of ether oxygens (including phenoxy) is 1. The van der Waals surface area contributed by atoms with Gasteiger partial charge in [-0.1, -0.05) is 25.1 Å². The van der Waals surface area contributed by atoms with Crippen molar-refractivity contribution in [3.63, 3.8) is 0 Å². The van der Waals surface area contributed by atoms with Gasteiger partial charge in [-0.2, -0.15) is 0 Å². The Balaban J connectivity index is 1.70. The fourth-order valence-electron chi connectivity index (χ4n) is 2.92. The normalized spacial score (nSPS) is 16.1. The molecule has 1 aliphatic rings. The Morgan fingerprint density at radius 2 is 2.12 bits per heavy atom. The van der Waals surface area contributed by atoms with Crippen LogP contribution in [0.25, 0.3) is 0 Å². The lowest BCUT2D eigenvalue weighted by Gasteiger charge is -2.25. The number of amides is 1. The third-order valence-corrected chi connectivity index (χ3v) is 4.18. The van der Waals surface area contributed by atoms with E-state index in [0.717, 1.165) is 17.7 Å². The van der Waals surface area contributed by atoms with Gasteiger partial charge in [-0.05, 0) is 18.1 Å². The molecular formula is C18H19NO5. The van der Waals surface area contributed by atoms with Gasteiger partial charge < -0.3 is 19.6 Å². The smallest absolute Gasteiger partial charge is 0.339 e. The van der Waals surface area contributed by atoms with Crippen LogP contribution in [0.4, 0.5) is 0 Å². The van der Waals surface area contributed by atoms with Gasteiger partial charge in [-0.3, -0.25) is 4.79 Å². The number of nitrogens with one attached hydrogen (secondary N) is 1. The van der Waals surface area contributed by atoms with Crippen molar-refractivity contribution in [1.82, 2.24) is 5.32 Å². The largest absolute Gasteiger partial charge is 0.493 e. The lowest BCUT2D eigenvalue weighted by molar-refractivity contribution is 0.0694. The highest BCUT2D eigenvalue weighted by Crippen LogP contribution is 2.32. The van der Waals surface area contributed by atoms with E-state index in [-0.39, 0.29) is 17.2 Å². The Morgan fingerprint density at radius 3 is 2.83 bits per heavy atom. The van der Waals surface area contributed by atoms with E-state index < -0.39 is 11.9 Å². The average Bonchev–Trinajstić information content (AvgIpc) is 3.04. The molecule has 0 spiro atoms. The number of hydrogen-bond acceptors (Lipinski definition) is 4. The molecule has 6 nitrogen and oxygen atoms in total. The third-order valence-electron chi connectivity index (χ3n) is 4.18. The van der Waals surface area contributed by atoms with Gasteiger partial charge in [-0.15, -0.1) is 0 Å². The monoisotopic (exact) mass is 329 g/mol. The summed E-state index contributed by atoms with van der Waals surface area (Å²) in [5.41, 5.74) is 1.11. The molecule has 126 valence electrons. The zero-order valence-electron chi connectivity index (χ0n) is 13.4. The van der Waals surface area contributed by atoms with Crippen LogP contribution in [-0.4, -0.2) is 30.1 Å². The van der Waals surface area contributed by atoms with Crippen molar-refractivity contribution in [2.24, 2.45) is 0 Å². The first-order chi connectivity index (χ1) is 11.6. The van der Waals surface area contributed by atoms with Gasteiger partial charge in [0, 0.05) is 24.9 Å². The molecule has 2 aromatic rings. The Bertz CT molecular complexity index is 765. The summed E-state index contributed by atoms with van der Waals surface area (Å²) in [7, 11) is 0. The summed E-state index contributed by atoms with van der Waals surface area (Å²) in [5, 5.41) is 12.0. The second kappa shape index (κ2) is 6.78. The SMILES string of the molecule is CCc1oc(C(=O)NCC2CCOc3ccccc32)cc1C(=O)O. The lowest BCUT2D eigenvalue weighted by Crippen LogP contribution is -2.30. The number of carbonyl (C=O) groups is 2. The van der Waals surface area contributed by atoms with Crippen LogP contribution in [-0.2, 0) is 6.42 Å². The van der Waals surface area contributed by atoms with Crippen LogP contribution in [0.15, 0.2) is 34.7 Å². The summed E-state index contributed by atoms with van der Waals surface area (Å²) in [5.74, 6) is -0.135. The summed E-state index contributed by atoms with van der Waals surface area (Å²) >= 11 is 0. The quantitative estimate of drug-likeness (QED) is 0.880. The molecule has 1 aliphatic heterocycles. The molecule has 0 bridgehead atoms. The number of carboxylic acids is 1. The predicted octanol–water partition coefficient (Wildman–Crippen LogP) is 2.84. The molecule has 2 N–H and O–H groups in total. The molecule has 0 radical (unpaired) electrons. The third kappa shape index (κ3) is 3.13. The summed E-state index contributed by atoms with van der Waals surface area (Å²) in [6.45, 7) is 2.84. The molecule has 3 rings (SSSR count). The highest BCUT2D eigenvalue weighted by atomic mass is 16.5. The molecule has 0 aliphatic carbocycles. The van der Waals surface area contributed by atoms with E-state index >= 15 is 0 Å². The number of furan rings is 1. The number of para-hydroxylation sites is 1. The molecular weight excluding hydrogens is 310 g/mol. The maximum Gasteiger partial charge on any atom is 0.339 e. The Labute approximate surface area is 139 Å². The highest BCUT2D eigenvalue weighted by Gasteiger charge is 2.24. The average molecular weight is 329 g/mol. The maximum absolute atomic E-state index is 12.3. The lowest BCUT2D eigenvalue weighted by atomic mass is 9.93. The summed E-state index contributed by atoms with van der Waals surface area (Å²) in [6.07, 6.45) is 1.23. The standard InChI is InChI=1S/C18H19NO5/c1-2-14-13(18(21)22)9-16(24-14)17(20)19-10-11-7-8-23-15-6-4-3-5-12(11)15/h3-6,9,11H,2,7-8,10H2,1H3,(H,19,20)(H,21,22). The molecule has 1 amide bonds. The van der Waals surface area contributed by atoms with Crippen molar-refractivity contribution < 1.29 is 23.8 Å². The number of fused-ring (bicyclic) bond motifs is 1. The first-order valence-corrected chi connectivity index (χ1v) is 7.96. The zero-order valence-corrected chi connectivity index (χ0v) is 13.4. The topological polar surface area (TPSA) is 88.8 Å². The number of rotatable bonds is 5. The molecule has 0 saturated carbocycles. The van der Waals surface area contributed by atoms with E-state index in [0.29, 0.717) is 25.3 Å². The number of aromatic carboxylic acids is 1. The molecule has 2 heterocycles. The highest BCUT2D eigenvalue weighted by molar-refractivity contribution is 5.96. The first-order valence-electron chi connectivity index (χ1n) is 7.96. The summed E-state index contributed by atoms with van der Waals surface area (Å²) < 4.78 is 11.0. The number of carboxylic acid groups (broad SMARTS) is 1. The van der Waals surface area contributed by atoms with Crippen molar-refractivity contribution in [2.45, 2.75) is 25.7 Å². The van der Waals surface area contributed by atoms with Gasteiger partial charge in [0.25, 0.3) is 5.91 Å². The van der Waals surface area contributed by atoms with E-state index in [1.807, 2.05) is 24.3 Å². The van der Waals surface area contributed by atoms with Crippen LogP contribution in [0.1, 0.15) is 51.5 Å². The van der Waals surface area contributed by atoms with Crippen LogP contribution in [0, 0.1) is 0 Å². The van der Waals surface area contributed by atoms with Gasteiger partial charge in [0.2, 0.25) is 0 Å². The van der Waals surface area contributed by atoms with Gasteiger partial charge in [0.15, 0.2) is 5.76 Å². The van der Waals surface area contributed by atoms with Crippen molar-refractivity contribution in [1.29, 1.82) is 0 Å². The number of carbonyl (C=O) groups excluding carboxylic acids is 1. The van der Waals surface area contributed by atoms with E-state index in [4.69, 9.17) is 14.3 Å². The maximum atomic E-state index is 12.3.